The number of aliphatic carboxylic acids is 2. The van der Waals surface area contributed by atoms with E-state index in [-0.39, 0.29) is 0 Å². The summed E-state index contributed by atoms with van der Waals surface area (Å²) >= 11 is 0. The number of hydrogen-bond acceptors (Lipinski definition) is 5. The third-order valence-corrected chi connectivity index (χ3v) is 5.91. The second-order valence-electron chi connectivity index (χ2n) is 8.20. The van der Waals surface area contributed by atoms with Crippen LogP contribution in [0.25, 0.3) is 10.9 Å². The Labute approximate surface area is 196 Å². The maximum absolute atomic E-state index is 12.3. The van der Waals surface area contributed by atoms with Crippen molar-refractivity contribution in [2.24, 2.45) is 0 Å². The van der Waals surface area contributed by atoms with Gasteiger partial charge in [-0.05, 0) is 17.7 Å². The molecule has 0 bridgehead atoms. The number of aromatic nitrogens is 1. The number of nitrogens with one attached hydrogen (secondary N) is 2. The molecule has 34 heavy (non-hydrogen) atoms. The molecule has 0 radical (unpaired) electrons. The molecule has 1 aromatic heterocycles. The van der Waals surface area contributed by atoms with Crippen molar-refractivity contribution in [2.45, 2.75) is 12.6 Å². The van der Waals surface area contributed by atoms with Crippen molar-refractivity contribution in [1.29, 1.82) is 0 Å². The number of benzene rings is 2. The van der Waals surface area contributed by atoms with Gasteiger partial charge in [0.25, 0.3) is 0 Å². The summed E-state index contributed by atoms with van der Waals surface area (Å²) in [6.07, 6.45) is 3.40. The molecule has 1 atom stereocenters. The maximum Gasteiger partial charge on any atom is 0.328 e. The van der Waals surface area contributed by atoms with E-state index in [2.05, 4.69) is 27.3 Å². The Hall–Kier alpha value is -3.95. The van der Waals surface area contributed by atoms with Gasteiger partial charge in [-0.1, -0.05) is 36.4 Å². The molecule has 3 aromatic rings. The Balaban J connectivity index is 1.46. The Kier molecular flexibility index (Phi) is 7.05. The number of nitrogens with zero attached hydrogens (tertiary/aromatic N) is 2. The van der Waals surface area contributed by atoms with Crippen LogP contribution in [0, 0.1) is 0 Å². The van der Waals surface area contributed by atoms with Crippen LogP contribution in [-0.4, -0.2) is 69.0 Å². The van der Waals surface area contributed by atoms with Gasteiger partial charge in [0.2, 0.25) is 5.91 Å². The molecular weight excluding hydrogens is 436 g/mol. The first kappa shape index (κ1) is 23.2. The van der Waals surface area contributed by atoms with E-state index < -0.39 is 23.9 Å². The van der Waals surface area contributed by atoms with Gasteiger partial charge in [0.05, 0.1) is 0 Å². The molecule has 9 nitrogen and oxygen atoms in total. The number of fused-ring (bicyclic) bond motifs is 1. The van der Waals surface area contributed by atoms with Crippen LogP contribution in [0.5, 0.6) is 0 Å². The summed E-state index contributed by atoms with van der Waals surface area (Å²) in [4.78, 5) is 42.1. The molecule has 0 aliphatic carbocycles. The predicted molar refractivity (Wildman–Crippen MR) is 127 cm³/mol. The molecule has 9 heteroatoms. The zero-order valence-electron chi connectivity index (χ0n) is 18.5. The van der Waals surface area contributed by atoms with E-state index in [9.17, 15) is 19.5 Å². The van der Waals surface area contributed by atoms with Gasteiger partial charge in [-0.25, -0.2) is 4.79 Å². The first-order chi connectivity index (χ1) is 16.4. The van der Waals surface area contributed by atoms with Gasteiger partial charge in [0, 0.05) is 73.2 Å². The van der Waals surface area contributed by atoms with Crippen molar-refractivity contribution in [3.8, 4) is 0 Å². The van der Waals surface area contributed by atoms with Crippen molar-refractivity contribution in [2.75, 3.05) is 31.5 Å². The molecule has 2 heterocycles. The topological polar surface area (TPSA) is 126 Å². The molecule has 0 spiro atoms. The van der Waals surface area contributed by atoms with Crippen LogP contribution >= 0.6 is 0 Å². The molecule has 1 saturated heterocycles. The van der Waals surface area contributed by atoms with Crippen LogP contribution in [0.1, 0.15) is 17.2 Å². The van der Waals surface area contributed by atoms with Crippen molar-refractivity contribution in [3.05, 3.63) is 78.0 Å². The number of carboxylic acids is 2. The maximum atomic E-state index is 12.3. The summed E-state index contributed by atoms with van der Waals surface area (Å²) in [5, 5.41) is 22.0. The fourth-order valence-corrected chi connectivity index (χ4v) is 4.29. The third-order valence-electron chi connectivity index (χ3n) is 5.91. The van der Waals surface area contributed by atoms with E-state index in [4.69, 9.17) is 5.11 Å². The minimum atomic E-state index is -1.21. The molecule has 1 aliphatic heterocycles. The van der Waals surface area contributed by atoms with Gasteiger partial charge in [0.15, 0.2) is 0 Å². The molecule has 0 saturated carbocycles. The second kappa shape index (κ2) is 10.3. The number of carbonyl (C=O) groups is 3. The van der Waals surface area contributed by atoms with E-state index in [0.717, 1.165) is 37.2 Å². The number of carboxylic acid groups (broad SMARTS) is 2. The van der Waals surface area contributed by atoms with E-state index in [1.807, 2.05) is 23.1 Å². The van der Waals surface area contributed by atoms with E-state index in [1.165, 1.54) is 5.56 Å². The summed E-state index contributed by atoms with van der Waals surface area (Å²) in [5.74, 6) is -2.68. The van der Waals surface area contributed by atoms with Gasteiger partial charge in [-0.2, -0.15) is 0 Å². The summed E-state index contributed by atoms with van der Waals surface area (Å²) < 4.78 is 0. The predicted octanol–water partition coefficient (Wildman–Crippen LogP) is 2.69. The lowest BCUT2D eigenvalue weighted by Gasteiger charge is -2.37. The highest BCUT2D eigenvalue weighted by atomic mass is 16.4. The van der Waals surface area contributed by atoms with Crippen molar-refractivity contribution >= 4 is 34.4 Å². The fraction of sp³-hybridized carbons (Fsp3) is 0.240. The van der Waals surface area contributed by atoms with Crippen molar-refractivity contribution < 1.29 is 24.6 Å². The lowest BCUT2D eigenvalue weighted by molar-refractivity contribution is -0.144. The number of amides is 1. The highest BCUT2D eigenvalue weighted by molar-refractivity contribution is 6.03. The molecule has 176 valence electrons. The molecule has 1 aliphatic rings. The summed E-state index contributed by atoms with van der Waals surface area (Å²) in [5.41, 5.74) is 3.07. The average Bonchev–Trinajstić information content (AvgIpc) is 3.22. The zero-order valence-corrected chi connectivity index (χ0v) is 18.5. The Morgan fingerprint density at radius 1 is 1.00 bits per heavy atom. The quantitative estimate of drug-likeness (QED) is 0.379. The average molecular weight is 463 g/mol. The highest BCUT2D eigenvalue weighted by Crippen LogP contribution is 2.31. The molecule has 1 fully saturated rings. The van der Waals surface area contributed by atoms with Crippen LogP contribution in [0.3, 0.4) is 0 Å². The smallest absolute Gasteiger partial charge is 0.328 e. The number of rotatable bonds is 8. The Bertz CT molecular complexity index is 1210. The number of carbonyl (C=O) groups excluding carboxylic acids is 1. The number of hydrogen-bond donors (Lipinski definition) is 4. The van der Waals surface area contributed by atoms with Gasteiger partial charge in [-0.15, -0.1) is 0 Å². The number of anilines is 1. The lowest BCUT2D eigenvalue weighted by atomic mass is 10.0. The van der Waals surface area contributed by atoms with Crippen LogP contribution < -0.4 is 5.32 Å². The first-order valence-corrected chi connectivity index (χ1v) is 11.0. The minimum absolute atomic E-state index is 0.474. The van der Waals surface area contributed by atoms with Gasteiger partial charge in [0.1, 0.15) is 6.04 Å². The zero-order chi connectivity index (χ0) is 24.1. The molecule has 2 aromatic carbocycles. The summed E-state index contributed by atoms with van der Waals surface area (Å²) in [6, 6.07) is 14.6. The Morgan fingerprint density at radius 2 is 1.74 bits per heavy atom. The lowest BCUT2D eigenvalue weighted by Crippen LogP contribution is -2.48. The molecule has 4 rings (SSSR count). The largest absolute Gasteiger partial charge is 0.480 e. The van der Waals surface area contributed by atoms with E-state index >= 15 is 0 Å². The molecular formula is C25H26N4O5. The fourth-order valence-electron chi connectivity index (χ4n) is 4.29. The molecule has 4 N–H and O–H groups in total. The number of piperazine rings is 1. The van der Waals surface area contributed by atoms with Gasteiger partial charge in [-0.3, -0.25) is 19.4 Å². The normalized spacial score (nSPS) is 16.0. The van der Waals surface area contributed by atoms with Crippen LogP contribution in [0.15, 0.2) is 66.9 Å². The highest BCUT2D eigenvalue weighted by Gasteiger charge is 2.32. The number of H-pyrrole nitrogens is 1. The second-order valence-corrected chi connectivity index (χ2v) is 8.20. The minimum Gasteiger partial charge on any atom is -0.480 e. The first-order valence-electron chi connectivity index (χ1n) is 11.0. The molecule has 1 amide bonds. The van der Waals surface area contributed by atoms with E-state index in [1.54, 1.807) is 24.4 Å². The van der Waals surface area contributed by atoms with Gasteiger partial charge < -0.3 is 20.5 Å². The van der Waals surface area contributed by atoms with E-state index in [0.29, 0.717) is 29.9 Å². The standard InChI is InChI=1S/C25H26N4O5/c30-22(8-9-23(31)32)27-18-6-7-19-20(15-26-21(19)14-18)24(25(33)34)29-12-10-28(11-13-29)16-17-4-2-1-3-5-17/h1-9,14-15,24,26H,10-13,16H2,(H,27,30)(H,31,32)(H,33,34). The number of aromatic amines is 1. The molecule has 1 unspecified atom stereocenters. The van der Waals surface area contributed by atoms with Crippen molar-refractivity contribution in [1.82, 2.24) is 14.8 Å². The third kappa shape index (κ3) is 5.51. The van der Waals surface area contributed by atoms with Crippen LogP contribution in [0.2, 0.25) is 0 Å². The van der Waals surface area contributed by atoms with Gasteiger partial charge >= 0.3 is 11.9 Å². The summed E-state index contributed by atoms with van der Waals surface area (Å²) in [6.45, 7) is 3.68. The van der Waals surface area contributed by atoms with Crippen molar-refractivity contribution in [3.63, 3.8) is 0 Å². The Morgan fingerprint density at radius 3 is 2.41 bits per heavy atom. The monoisotopic (exact) mass is 462 g/mol. The summed E-state index contributed by atoms with van der Waals surface area (Å²) in [7, 11) is 0. The van der Waals surface area contributed by atoms with Crippen LogP contribution in [-0.2, 0) is 20.9 Å². The SMILES string of the molecule is O=C(O)C=CC(=O)Nc1ccc2c(C(C(=O)O)N3CCN(Cc4ccccc4)CC3)c[nH]c2c1. The van der Waals surface area contributed by atoms with Crippen LogP contribution in [0.4, 0.5) is 5.69 Å².